The molecule has 182 valence electrons. The van der Waals surface area contributed by atoms with Gasteiger partial charge in [0.05, 0.1) is 18.2 Å². The van der Waals surface area contributed by atoms with Crippen molar-refractivity contribution in [2.75, 3.05) is 6.54 Å². The molecule has 0 heterocycles. The molecule has 0 aliphatic heterocycles. The molecule has 0 spiro atoms. The number of nitrogens with one attached hydrogen (secondary N) is 3. The zero-order valence-corrected chi connectivity index (χ0v) is 20.3. The normalized spacial score (nSPS) is 12.8. The predicted molar refractivity (Wildman–Crippen MR) is 133 cm³/mol. The summed E-state index contributed by atoms with van der Waals surface area (Å²) >= 11 is 0. The van der Waals surface area contributed by atoms with Gasteiger partial charge < -0.3 is 15.4 Å². The molecule has 2 atom stereocenters. The van der Waals surface area contributed by atoms with Gasteiger partial charge in [-0.3, -0.25) is 10.1 Å². The first-order valence-electron chi connectivity index (χ1n) is 11.7. The Labute approximate surface area is 202 Å². The van der Waals surface area contributed by atoms with Gasteiger partial charge in [0.2, 0.25) is 5.91 Å². The molecule has 2 aromatic rings. The van der Waals surface area contributed by atoms with Crippen molar-refractivity contribution in [1.29, 1.82) is 5.26 Å². The van der Waals surface area contributed by atoms with E-state index in [1.807, 2.05) is 60.7 Å². The van der Waals surface area contributed by atoms with Crippen molar-refractivity contribution >= 4 is 12.0 Å². The Bertz CT molecular complexity index is 920. The molecule has 7 nitrogen and oxygen atoms in total. The lowest BCUT2D eigenvalue weighted by Gasteiger charge is -2.22. The van der Waals surface area contributed by atoms with Crippen molar-refractivity contribution in [3.8, 4) is 6.07 Å². The Balaban J connectivity index is 1.92. The summed E-state index contributed by atoms with van der Waals surface area (Å²) in [6, 6.07) is 20.9. The monoisotopic (exact) mass is 464 g/mol. The van der Waals surface area contributed by atoms with Crippen LogP contribution in [0.15, 0.2) is 60.7 Å². The van der Waals surface area contributed by atoms with Gasteiger partial charge in [0, 0.05) is 13.1 Å². The topological polar surface area (TPSA) is 103 Å². The lowest BCUT2D eigenvalue weighted by atomic mass is 10.0. The fourth-order valence-electron chi connectivity index (χ4n) is 3.39. The van der Waals surface area contributed by atoms with Gasteiger partial charge >= 0.3 is 6.09 Å². The van der Waals surface area contributed by atoms with Crippen LogP contribution in [-0.4, -0.2) is 36.2 Å². The van der Waals surface area contributed by atoms with Gasteiger partial charge in [0.15, 0.2) is 0 Å². The minimum atomic E-state index is -0.565. The highest BCUT2D eigenvalue weighted by atomic mass is 16.6. The van der Waals surface area contributed by atoms with Crippen LogP contribution in [0, 0.1) is 11.3 Å². The number of hydrogen-bond acceptors (Lipinski definition) is 5. The maximum absolute atomic E-state index is 13.0. The number of aryl methyl sites for hydroxylation is 1. The first kappa shape index (κ1) is 26.9. The summed E-state index contributed by atoms with van der Waals surface area (Å²) in [4.78, 5) is 24.8. The van der Waals surface area contributed by atoms with Crippen LogP contribution in [0.5, 0.6) is 0 Å². The van der Waals surface area contributed by atoms with E-state index in [0.29, 0.717) is 32.4 Å². The average molecular weight is 465 g/mol. The molecule has 0 aliphatic carbocycles. The second-order valence-corrected chi connectivity index (χ2v) is 9.20. The van der Waals surface area contributed by atoms with Crippen LogP contribution in [-0.2, 0) is 22.5 Å². The Kier molecular flexibility index (Phi) is 11.1. The van der Waals surface area contributed by atoms with Gasteiger partial charge in [0.25, 0.3) is 0 Å². The lowest BCUT2D eigenvalue weighted by molar-refractivity contribution is -0.123. The van der Waals surface area contributed by atoms with Crippen molar-refractivity contribution in [1.82, 2.24) is 16.0 Å². The minimum absolute atomic E-state index is 0.166. The molecular formula is C27H36N4O3. The maximum atomic E-state index is 13.0. The fraction of sp³-hybridized carbons (Fsp3) is 0.444. The first-order chi connectivity index (χ1) is 16.3. The van der Waals surface area contributed by atoms with Gasteiger partial charge in [-0.1, -0.05) is 60.7 Å². The van der Waals surface area contributed by atoms with Crippen molar-refractivity contribution in [3.05, 3.63) is 71.8 Å². The molecule has 2 amide bonds. The van der Waals surface area contributed by atoms with E-state index in [1.165, 1.54) is 0 Å². The van der Waals surface area contributed by atoms with E-state index < -0.39 is 23.8 Å². The third-order valence-corrected chi connectivity index (χ3v) is 5.09. The summed E-state index contributed by atoms with van der Waals surface area (Å²) in [5.41, 5.74) is 1.59. The molecule has 2 rings (SSSR count). The zero-order chi connectivity index (χ0) is 24.8. The summed E-state index contributed by atoms with van der Waals surface area (Å²) in [5, 5.41) is 18.6. The van der Waals surface area contributed by atoms with Gasteiger partial charge in [-0.2, -0.15) is 5.26 Å². The summed E-state index contributed by atoms with van der Waals surface area (Å²) in [6.45, 7) is 6.21. The lowest BCUT2D eigenvalue weighted by Crippen LogP contribution is -2.48. The van der Waals surface area contributed by atoms with Crippen molar-refractivity contribution in [3.63, 3.8) is 0 Å². The summed E-state index contributed by atoms with van der Waals surface area (Å²) in [6.07, 6.45) is 1.89. The smallest absolute Gasteiger partial charge is 0.407 e. The second-order valence-electron chi connectivity index (χ2n) is 9.20. The van der Waals surface area contributed by atoms with Crippen LogP contribution in [0.4, 0.5) is 4.79 Å². The number of nitriles is 1. The molecular weight excluding hydrogens is 428 g/mol. The van der Waals surface area contributed by atoms with Crippen LogP contribution in [0.25, 0.3) is 0 Å². The van der Waals surface area contributed by atoms with Crippen LogP contribution in [0.2, 0.25) is 0 Å². The predicted octanol–water partition coefficient (Wildman–Crippen LogP) is 4.09. The molecule has 0 radical (unpaired) electrons. The molecule has 2 aromatic carbocycles. The van der Waals surface area contributed by atoms with Gasteiger partial charge in [-0.05, 0) is 57.6 Å². The molecule has 0 saturated carbocycles. The molecule has 0 bridgehead atoms. The number of carbonyl (C=O) groups excluding carboxylic acids is 2. The molecule has 34 heavy (non-hydrogen) atoms. The number of ether oxygens (including phenoxy) is 1. The third-order valence-electron chi connectivity index (χ3n) is 5.09. The molecule has 0 aromatic heterocycles. The highest BCUT2D eigenvalue weighted by Crippen LogP contribution is 2.09. The van der Waals surface area contributed by atoms with E-state index in [4.69, 9.17) is 4.74 Å². The van der Waals surface area contributed by atoms with Crippen LogP contribution >= 0.6 is 0 Å². The molecule has 0 fully saturated rings. The number of hydrogen-bond donors (Lipinski definition) is 3. The molecule has 0 aliphatic rings. The van der Waals surface area contributed by atoms with Crippen LogP contribution < -0.4 is 16.0 Å². The summed E-state index contributed by atoms with van der Waals surface area (Å²) < 4.78 is 5.25. The number of carbonyl (C=O) groups is 2. The van der Waals surface area contributed by atoms with E-state index in [-0.39, 0.29) is 5.91 Å². The largest absolute Gasteiger partial charge is 0.444 e. The van der Waals surface area contributed by atoms with E-state index in [1.54, 1.807) is 20.8 Å². The Hall–Kier alpha value is -3.37. The van der Waals surface area contributed by atoms with E-state index in [9.17, 15) is 14.9 Å². The van der Waals surface area contributed by atoms with Crippen molar-refractivity contribution < 1.29 is 14.3 Å². The van der Waals surface area contributed by atoms with Crippen LogP contribution in [0.1, 0.15) is 51.2 Å². The van der Waals surface area contributed by atoms with Crippen molar-refractivity contribution in [2.24, 2.45) is 0 Å². The highest BCUT2D eigenvalue weighted by Gasteiger charge is 2.22. The minimum Gasteiger partial charge on any atom is -0.444 e. The average Bonchev–Trinajstić information content (AvgIpc) is 2.81. The van der Waals surface area contributed by atoms with Crippen molar-refractivity contribution in [2.45, 2.75) is 70.7 Å². The first-order valence-corrected chi connectivity index (χ1v) is 11.7. The third kappa shape index (κ3) is 11.0. The maximum Gasteiger partial charge on any atom is 0.407 e. The van der Waals surface area contributed by atoms with E-state index >= 15 is 0 Å². The van der Waals surface area contributed by atoms with E-state index in [2.05, 4.69) is 22.0 Å². The van der Waals surface area contributed by atoms with Gasteiger partial charge in [-0.25, -0.2) is 4.79 Å². The highest BCUT2D eigenvalue weighted by molar-refractivity contribution is 5.81. The molecule has 7 heteroatoms. The summed E-state index contributed by atoms with van der Waals surface area (Å²) in [7, 11) is 0. The number of amides is 2. The second kappa shape index (κ2) is 14.0. The van der Waals surface area contributed by atoms with Crippen LogP contribution in [0.3, 0.4) is 0 Å². The fourth-order valence-corrected chi connectivity index (χ4v) is 3.39. The number of alkyl carbamates (subject to hydrolysis) is 1. The SMILES string of the molecule is CC(C)(C)OC(=O)NCCC[C@H](N[C@H](C#N)CCc1ccccc1)C(=O)NCc1ccccc1. The number of rotatable bonds is 12. The zero-order valence-electron chi connectivity index (χ0n) is 20.3. The van der Waals surface area contributed by atoms with E-state index in [0.717, 1.165) is 17.5 Å². The molecule has 0 saturated heterocycles. The standard InChI is InChI=1S/C27H36N4O3/c1-27(2,3)34-26(33)29-18-10-15-24(25(32)30-20-22-13-8-5-9-14-22)31-23(19-28)17-16-21-11-6-4-7-12-21/h4-9,11-14,23-24,31H,10,15-18,20H2,1-3H3,(H,29,33)(H,30,32)/t23-,24-/m0/s1. The Morgan fingerprint density at radius 2 is 1.56 bits per heavy atom. The number of benzene rings is 2. The Morgan fingerprint density at radius 3 is 2.15 bits per heavy atom. The number of nitrogens with zero attached hydrogens (tertiary/aromatic N) is 1. The summed E-state index contributed by atoms with van der Waals surface area (Å²) in [5.74, 6) is -0.166. The molecule has 0 unspecified atom stereocenters. The Morgan fingerprint density at radius 1 is 0.941 bits per heavy atom. The molecule has 3 N–H and O–H groups in total. The van der Waals surface area contributed by atoms with Gasteiger partial charge in [0.1, 0.15) is 5.60 Å². The van der Waals surface area contributed by atoms with Gasteiger partial charge in [-0.15, -0.1) is 0 Å². The quantitative estimate of drug-likeness (QED) is 0.411.